The topological polar surface area (TPSA) is 67.0 Å². The molecule has 2 N–H and O–H groups in total. The molecule has 0 spiro atoms. The maximum atomic E-state index is 12.6. The van der Waals surface area contributed by atoms with Crippen LogP contribution in [-0.2, 0) is 4.74 Å². The molecule has 1 saturated carbocycles. The third kappa shape index (κ3) is 3.26. The van der Waals surface area contributed by atoms with Crippen molar-refractivity contribution < 1.29 is 9.53 Å². The highest BCUT2D eigenvalue weighted by Crippen LogP contribution is 2.36. The van der Waals surface area contributed by atoms with Crippen LogP contribution in [0.4, 0.5) is 0 Å². The summed E-state index contributed by atoms with van der Waals surface area (Å²) in [6.45, 7) is 0.658. The van der Waals surface area contributed by atoms with Crippen LogP contribution in [0.3, 0.4) is 0 Å². The molecule has 4 rings (SSSR count). The van der Waals surface area contributed by atoms with E-state index < -0.39 is 0 Å². The number of carbonyl (C=O) groups excluding carboxylic acids is 1. The lowest BCUT2D eigenvalue weighted by Gasteiger charge is -2.20. The van der Waals surface area contributed by atoms with Crippen molar-refractivity contribution in [2.24, 2.45) is 0 Å². The lowest BCUT2D eigenvalue weighted by atomic mass is 9.88. The van der Waals surface area contributed by atoms with Crippen LogP contribution in [0.15, 0.2) is 23.7 Å². The molecule has 1 aliphatic carbocycles. The molecule has 5 nitrogen and oxygen atoms in total. The fraction of sp³-hybridized carbons (Fsp3) is 0.556. The quantitative estimate of drug-likeness (QED) is 0.886. The molecule has 1 aliphatic heterocycles. The van der Waals surface area contributed by atoms with Gasteiger partial charge in [-0.2, -0.15) is 5.10 Å². The number of hydrogen-bond donors (Lipinski definition) is 2. The maximum absolute atomic E-state index is 12.6. The lowest BCUT2D eigenvalue weighted by Crippen LogP contribution is -2.36. The van der Waals surface area contributed by atoms with E-state index in [-0.39, 0.29) is 18.1 Å². The van der Waals surface area contributed by atoms with Crippen molar-refractivity contribution in [2.75, 3.05) is 6.61 Å². The van der Waals surface area contributed by atoms with Gasteiger partial charge >= 0.3 is 0 Å². The van der Waals surface area contributed by atoms with E-state index in [0.717, 1.165) is 17.7 Å². The number of amides is 1. The van der Waals surface area contributed by atoms with E-state index in [4.69, 9.17) is 4.74 Å². The average molecular weight is 345 g/mol. The summed E-state index contributed by atoms with van der Waals surface area (Å²) >= 11 is 1.73. The Kier molecular flexibility index (Phi) is 4.67. The third-order valence-electron chi connectivity index (χ3n) is 5.13. The maximum Gasteiger partial charge on any atom is 0.252 e. The molecule has 0 bridgehead atoms. The van der Waals surface area contributed by atoms with Gasteiger partial charge in [-0.15, -0.1) is 11.3 Å². The van der Waals surface area contributed by atoms with E-state index in [1.165, 1.54) is 37.0 Å². The minimum atomic E-state index is -0.132. The predicted octanol–water partition coefficient (Wildman–Crippen LogP) is 3.78. The number of hydrogen-bond acceptors (Lipinski definition) is 4. The predicted molar refractivity (Wildman–Crippen MR) is 93.3 cm³/mol. The van der Waals surface area contributed by atoms with Crippen molar-refractivity contribution in [3.05, 3.63) is 39.8 Å². The van der Waals surface area contributed by atoms with Crippen LogP contribution in [0.25, 0.3) is 0 Å². The van der Waals surface area contributed by atoms with Crippen LogP contribution in [0.2, 0.25) is 0 Å². The Labute approximate surface area is 145 Å². The Hall–Kier alpha value is -1.66. The molecule has 2 atom stereocenters. The standard InChI is InChI=1S/C18H23N3O2S/c22-18(13-10-16(24-11-13)12-4-2-1-3-5-12)20-14-7-9-23-17(14)15-6-8-19-21-15/h6,8,10-12,14,17H,1-5,7,9H2,(H,19,21)(H,20,22)/t14-,17-/m1/s1. The molecule has 2 fully saturated rings. The van der Waals surface area contributed by atoms with Gasteiger partial charge in [0.05, 0.1) is 17.3 Å². The molecule has 2 aliphatic rings. The molecule has 0 aromatic carbocycles. The van der Waals surface area contributed by atoms with E-state index >= 15 is 0 Å². The minimum Gasteiger partial charge on any atom is -0.370 e. The number of ether oxygens (including phenoxy) is 1. The number of nitrogens with zero attached hydrogens (tertiary/aromatic N) is 1. The molecule has 0 unspecified atom stereocenters. The fourth-order valence-electron chi connectivity index (χ4n) is 3.79. The third-order valence-corrected chi connectivity index (χ3v) is 6.22. The zero-order valence-electron chi connectivity index (χ0n) is 13.7. The van der Waals surface area contributed by atoms with Crippen molar-refractivity contribution in [1.29, 1.82) is 0 Å². The van der Waals surface area contributed by atoms with Gasteiger partial charge < -0.3 is 10.1 Å². The first-order valence-corrected chi connectivity index (χ1v) is 9.69. The summed E-state index contributed by atoms with van der Waals surface area (Å²) in [6.07, 6.45) is 8.92. The second kappa shape index (κ2) is 7.07. The van der Waals surface area contributed by atoms with Crippen molar-refractivity contribution in [2.45, 2.75) is 56.6 Å². The first-order valence-electron chi connectivity index (χ1n) is 8.81. The Morgan fingerprint density at radius 1 is 1.29 bits per heavy atom. The smallest absolute Gasteiger partial charge is 0.252 e. The van der Waals surface area contributed by atoms with Crippen LogP contribution in [0.5, 0.6) is 0 Å². The Balaban J connectivity index is 1.41. The fourth-order valence-corrected chi connectivity index (χ4v) is 4.86. The first kappa shape index (κ1) is 15.8. The van der Waals surface area contributed by atoms with Crippen LogP contribution < -0.4 is 5.32 Å². The van der Waals surface area contributed by atoms with Crippen molar-refractivity contribution in [3.63, 3.8) is 0 Å². The van der Waals surface area contributed by atoms with E-state index in [1.807, 2.05) is 11.4 Å². The zero-order chi connectivity index (χ0) is 16.4. The molecule has 128 valence electrons. The van der Waals surface area contributed by atoms with Gasteiger partial charge in [-0.1, -0.05) is 19.3 Å². The van der Waals surface area contributed by atoms with Crippen LogP contribution in [-0.4, -0.2) is 28.8 Å². The van der Waals surface area contributed by atoms with Crippen LogP contribution in [0.1, 0.15) is 71.5 Å². The Morgan fingerprint density at radius 2 is 2.17 bits per heavy atom. The van der Waals surface area contributed by atoms with Gasteiger partial charge in [0.25, 0.3) is 5.91 Å². The second-order valence-electron chi connectivity index (χ2n) is 6.74. The van der Waals surface area contributed by atoms with Gasteiger partial charge in [0.15, 0.2) is 0 Å². The van der Waals surface area contributed by atoms with Gasteiger partial charge in [-0.3, -0.25) is 9.89 Å². The molecule has 0 radical (unpaired) electrons. The number of H-pyrrole nitrogens is 1. The van der Waals surface area contributed by atoms with Gasteiger partial charge in [0.2, 0.25) is 0 Å². The number of carbonyl (C=O) groups is 1. The van der Waals surface area contributed by atoms with E-state index in [0.29, 0.717) is 12.5 Å². The average Bonchev–Trinajstić information content (AvgIpc) is 3.36. The molecule has 1 amide bonds. The Morgan fingerprint density at radius 3 is 2.96 bits per heavy atom. The van der Waals surface area contributed by atoms with Crippen molar-refractivity contribution in [3.8, 4) is 0 Å². The van der Waals surface area contributed by atoms with Gasteiger partial charge in [-0.05, 0) is 37.3 Å². The van der Waals surface area contributed by atoms with E-state index in [9.17, 15) is 4.79 Å². The molecular formula is C18H23N3O2S. The normalized spacial score (nSPS) is 25.0. The van der Waals surface area contributed by atoms with Crippen LogP contribution >= 0.6 is 11.3 Å². The summed E-state index contributed by atoms with van der Waals surface area (Å²) < 4.78 is 5.76. The number of rotatable bonds is 4. The Bertz CT molecular complexity index is 676. The molecule has 2 aromatic rings. The largest absolute Gasteiger partial charge is 0.370 e. The molecule has 1 saturated heterocycles. The van der Waals surface area contributed by atoms with Gasteiger partial charge in [0.1, 0.15) is 6.10 Å². The second-order valence-corrected chi connectivity index (χ2v) is 7.69. The number of thiophene rings is 1. The summed E-state index contributed by atoms with van der Waals surface area (Å²) in [4.78, 5) is 14.0. The summed E-state index contributed by atoms with van der Waals surface area (Å²) in [5, 5.41) is 12.1. The van der Waals surface area contributed by atoms with Crippen LogP contribution in [0, 0.1) is 0 Å². The lowest BCUT2D eigenvalue weighted by molar-refractivity contribution is 0.0807. The van der Waals surface area contributed by atoms with Crippen molar-refractivity contribution in [1.82, 2.24) is 15.5 Å². The van der Waals surface area contributed by atoms with Crippen molar-refractivity contribution >= 4 is 17.2 Å². The summed E-state index contributed by atoms with van der Waals surface area (Å²) in [5.74, 6) is 0.659. The zero-order valence-corrected chi connectivity index (χ0v) is 14.5. The first-order chi connectivity index (χ1) is 11.8. The highest BCUT2D eigenvalue weighted by Gasteiger charge is 2.32. The molecular weight excluding hydrogens is 322 g/mol. The highest BCUT2D eigenvalue weighted by molar-refractivity contribution is 7.10. The minimum absolute atomic E-state index is 0.00372. The number of aromatic amines is 1. The van der Waals surface area contributed by atoms with E-state index in [2.05, 4.69) is 21.6 Å². The molecule has 24 heavy (non-hydrogen) atoms. The number of aromatic nitrogens is 2. The molecule has 3 heterocycles. The molecule has 6 heteroatoms. The monoisotopic (exact) mass is 345 g/mol. The summed E-state index contributed by atoms with van der Waals surface area (Å²) in [5.41, 5.74) is 1.71. The SMILES string of the molecule is O=C(N[C@@H]1CCO[C@H]1c1ccn[nH]1)c1csc(C2CCCCC2)c1. The van der Waals surface area contributed by atoms with E-state index in [1.54, 1.807) is 17.5 Å². The highest BCUT2D eigenvalue weighted by atomic mass is 32.1. The summed E-state index contributed by atoms with van der Waals surface area (Å²) in [6, 6.07) is 3.99. The van der Waals surface area contributed by atoms with Gasteiger partial charge in [-0.25, -0.2) is 0 Å². The number of nitrogens with one attached hydrogen (secondary N) is 2. The summed E-state index contributed by atoms with van der Waals surface area (Å²) in [7, 11) is 0. The molecule has 2 aromatic heterocycles. The van der Waals surface area contributed by atoms with Gasteiger partial charge in [0, 0.05) is 23.1 Å².